The Morgan fingerprint density at radius 3 is 2.24 bits per heavy atom. The molecule has 3 aromatic carbocycles. The number of allylic oxidation sites excluding steroid dienone is 3. The molecule has 1 unspecified atom stereocenters. The van der Waals surface area contributed by atoms with E-state index in [-0.39, 0.29) is 30.2 Å². The van der Waals surface area contributed by atoms with Crippen LogP contribution in [0.2, 0.25) is 0 Å². The molecular weight excluding hydrogens is 433 g/mol. The van der Waals surface area contributed by atoms with Gasteiger partial charge in [-0.2, -0.15) is 0 Å². The van der Waals surface area contributed by atoms with E-state index in [0.29, 0.717) is 22.6 Å². The zero-order valence-electron chi connectivity index (χ0n) is 18.3. The molecule has 0 radical (unpaired) electrons. The first kappa shape index (κ1) is 21.7. The minimum absolute atomic E-state index is 0.0310. The minimum atomic E-state index is -0.291. The van der Waals surface area contributed by atoms with Crippen LogP contribution in [0.5, 0.6) is 0 Å². The second kappa shape index (κ2) is 9.36. The van der Waals surface area contributed by atoms with Gasteiger partial charge in [-0.25, -0.2) is 4.39 Å². The smallest absolute Gasteiger partial charge is 0.251 e. The molecule has 1 atom stereocenters. The molecule has 4 heteroatoms. The van der Waals surface area contributed by atoms with Crippen LogP contribution in [0.1, 0.15) is 34.6 Å². The lowest BCUT2D eigenvalue weighted by Crippen LogP contribution is -2.42. The van der Waals surface area contributed by atoms with Gasteiger partial charge in [0.1, 0.15) is 5.82 Å². The molecule has 0 bridgehead atoms. The molecule has 0 heterocycles. The van der Waals surface area contributed by atoms with Gasteiger partial charge in [0.2, 0.25) is 0 Å². The maximum Gasteiger partial charge on any atom is 0.251 e. The lowest BCUT2D eigenvalue weighted by atomic mass is 9.84. The lowest BCUT2D eigenvalue weighted by molar-refractivity contribution is -0.130. The van der Waals surface area contributed by atoms with Crippen LogP contribution in [0.3, 0.4) is 0 Å². The second-order valence-corrected chi connectivity index (χ2v) is 9.18. The van der Waals surface area contributed by atoms with E-state index in [2.05, 4.69) is 12.1 Å². The van der Waals surface area contributed by atoms with Gasteiger partial charge >= 0.3 is 0 Å². The van der Waals surface area contributed by atoms with Crippen LogP contribution in [0.4, 0.5) is 4.39 Å². The number of rotatable bonds is 5. The molecule has 0 fully saturated rings. The van der Waals surface area contributed by atoms with Crippen molar-refractivity contribution in [1.82, 2.24) is 4.90 Å². The second-order valence-electron chi connectivity index (χ2n) is 8.74. The summed E-state index contributed by atoms with van der Waals surface area (Å²) in [6, 6.07) is 25.0. The number of nitrogens with zero attached hydrogens (tertiary/aromatic N) is 1. The van der Waals surface area contributed by atoms with Gasteiger partial charge < -0.3 is 4.90 Å². The van der Waals surface area contributed by atoms with Gasteiger partial charge in [0.15, 0.2) is 0 Å². The molecule has 0 aromatic heterocycles. The molecule has 0 N–H and O–H groups in total. The Morgan fingerprint density at radius 2 is 1.55 bits per heavy atom. The van der Waals surface area contributed by atoms with Crippen molar-refractivity contribution in [3.8, 4) is 0 Å². The Balaban J connectivity index is 1.52. The molecule has 166 valence electrons. The largest absolute Gasteiger partial charge is 0.331 e. The van der Waals surface area contributed by atoms with E-state index in [0.717, 1.165) is 18.4 Å². The van der Waals surface area contributed by atoms with E-state index in [1.54, 1.807) is 18.2 Å². The highest BCUT2D eigenvalue weighted by molar-refractivity contribution is 6.31. The third kappa shape index (κ3) is 4.51. The fourth-order valence-electron chi connectivity index (χ4n) is 4.98. The van der Waals surface area contributed by atoms with Crippen LogP contribution in [-0.4, -0.2) is 16.8 Å². The van der Waals surface area contributed by atoms with Gasteiger partial charge in [0.25, 0.3) is 5.91 Å². The molecule has 3 aromatic rings. The minimum Gasteiger partial charge on any atom is -0.331 e. The van der Waals surface area contributed by atoms with Crippen molar-refractivity contribution in [2.45, 2.75) is 37.8 Å². The molecule has 2 nitrogen and oxygen atoms in total. The number of carbonyl (C=O) groups is 1. The highest BCUT2D eigenvalue weighted by atomic mass is 35.5. The molecule has 5 rings (SSSR count). The summed E-state index contributed by atoms with van der Waals surface area (Å²) in [7, 11) is 0. The summed E-state index contributed by atoms with van der Waals surface area (Å²) in [6.07, 6.45) is 5.95. The van der Waals surface area contributed by atoms with Crippen molar-refractivity contribution in [3.63, 3.8) is 0 Å². The molecule has 2 aliphatic rings. The fourth-order valence-corrected chi connectivity index (χ4v) is 5.18. The number of halogens is 2. The summed E-state index contributed by atoms with van der Waals surface area (Å²) in [5.74, 6) is -0.440. The Bertz CT molecular complexity index is 1210. The fraction of sp³-hybridized carbons (Fsp3) is 0.207. The topological polar surface area (TPSA) is 20.3 Å². The van der Waals surface area contributed by atoms with E-state index in [1.807, 2.05) is 59.5 Å². The van der Waals surface area contributed by atoms with Crippen molar-refractivity contribution >= 4 is 17.5 Å². The Morgan fingerprint density at radius 1 is 0.909 bits per heavy atom. The number of amides is 1. The van der Waals surface area contributed by atoms with Crippen molar-refractivity contribution in [2.75, 3.05) is 0 Å². The lowest BCUT2D eigenvalue weighted by Gasteiger charge is -2.33. The first-order chi connectivity index (χ1) is 16.1. The van der Waals surface area contributed by atoms with Gasteiger partial charge in [-0.3, -0.25) is 4.79 Å². The van der Waals surface area contributed by atoms with E-state index >= 15 is 0 Å². The Labute approximate surface area is 199 Å². The van der Waals surface area contributed by atoms with E-state index in [9.17, 15) is 9.18 Å². The van der Waals surface area contributed by atoms with Crippen LogP contribution < -0.4 is 0 Å². The van der Waals surface area contributed by atoms with Gasteiger partial charge in [-0.05, 0) is 48.1 Å². The third-order valence-corrected chi connectivity index (χ3v) is 6.96. The summed E-state index contributed by atoms with van der Waals surface area (Å²) in [5.41, 5.74) is 4.78. The standard InChI is InChI=1S/C29H25ClFNO/c30-24-14-15-26(20-8-2-1-3-9-20)27(18-24)29(33)32(19-23-12-6-7-13-28(23)31)25-16-21-10-4-5-11-22(21)17-25/h1-14,18,25-26H,15-17,19H2. The first-order valence-corrected chi connectivity index (χ1v) is 11.7. The maximum atomic E-state index is 14.6. The highest BCUT2D eigenvalue weighted by Crippen LogP contribution is 2.37. The van der Waals surface area contributed by atoms with E-state index < -0.39 is 0 Å². The SMILES string of the molecule is O=C(C1=CC(Cl)=CCC1c1ccccc1)N(Cc1ccccc1F)C1Cc2ccccc2C1. The van der Waals surface area contributed by atoms with Crippen molar-refractivity contribution in [3.05, 3.63) is 130 Å². The van der Waals surface area contributed by atoms with Crippen molar-refractivity contribution < 1.29 is 9.18 Å². The average molecular weight is 458 g/mol. The molecule has 33 heavy (non-hydrogen) atoms. The average Bonchev–Trinajstić information content (AvgIpc) is 3.27. The number of fused-ring (bicyclic) bond motifs is 1. The van der Waals surface area contributed by atoms with E-state index in [1.165, 1.54) is 17.2 Å². The van der Waals surface area contributed by atoms with Gasteiger partial charge in [0, 0.05) is 34.7 Å². The van der Waals surface area contributed by atoms with Crippen LogP contribution in [-0.2, 0) is 24.2 Å². The predicted molar refractivity (Wildman–Crippen MR) is 130 cm³/mol. The molecule has 1 amide bonds. The van der Waals surface area contributed by atoms with Crippen LogP contribution in [0.25, 0.3) is 0 Å². The van der Waals surface area contributed by atoms with Gasteiger partial charge in [-0.15, -0.1) is 0 Å². The maximum absolute atomic E-state index is 14.6. The predicted octanol–water partition coefficient (Wildman–Crippen LogP) is 6.56. The summed E-state index contributed by atoms with van der Waals surface area (Å²) in [5, 5.41) is 0.575. The van der Waals surface area contributed by atoms with Gasteiger partial charge in [-0.1, -0.05) is 90.5 Å². The zero-order chi connectivity index (χ0) is 22.8. The Kier molecular flexibility index (Phi) is 6.15. The van der Waals surface area contributed by atoms with Crippen molar-refractivity contribution in [1.29, 1.82) is 0 Å². The molecule has 0 spiro atoms. The monoisotopic (exact) mass is 457 g/mol. The van der Waals surface area contributed by atoms with E-state index in [4.69, 9.17) is 11.6 Å². The number of carbonyl (C=O) groups excluding carboxylic acids is 1. The van der Waals surface area contributed by atoms with Gasteiger partial charge in [0.05, 0.1) is 0 Å². The first-order valence-electron chi connectivity index (χ1n) is 11.3. The zero-order valence-corrected chi connectivity index (χ0v) is 19.0. The summed E-state index contributed by atoms with van der Waals surface area (Å²) in [4.78, 5) is 16.0. The third-order valence-electron chi connectivity index (χ3n) is 6.70. The van der Waals surface area contributed by atoms with Crippen LogP contribution in [0, 0.1) is 5.82 Å². The summed E-state index contributed by atoms with van der Waals surface area (Å²) >= 11 is 6.38. The molecule has 2 aliphatic carbocycles. The normalized spacial score (nSPS) is 17.8. The van der Waals surface area contributed by atoms with Crippen LogP contribution >= 0.6 is 11.6 Å². The molecule has 0 saturated carbocycles. The van der Waals surface area contributed by atoms with Crippen LogP contribution in [0.15, 0.2) is 102 Å². The number of hydrogen-bond donors (Lipinski definition) is 0. The quantitative estimate of drug-likeness (QED) is 0.425. The Hall–Kier alpha value is -3.17. The highest BCUT2D eigenvalue weighted by Gasteiger charge is 2.35. The summed E-state index contributed by atoms with van der Waals surface area (Å²) < 4.78 is 14.6. The summed E-state index contributed by atoms with van der Waals surface area (Å²) in [6.45, 7) is 0.227. The molecule has 0 aliphatic heterocycles. The molecular formula is C29H25ClFNO. The number of benzene rings is 3. The number of hydrogen-bond acceptors (Lipinski definition) is 1. The molecule has 0 saturated heterocycles. The van der Waals surface area contributed by atoms with Crippen molar-refractivity contribution in [2.24, 2.45) is 0 Å².